The third kappa shape index (κ3) is 3.80. The molecule has 8 heteroatoms. The number of aliphatic carboxylic acids is 1. The first-order chi connectivity index (χ1) is 12.1. The molecule has 3 rings (SSSR count). The molecule has 0 saturated carbocycles. The fourth-order valence-electron chi connectivity index (χ4n) is 2.47. The van der Waals surface area contributed by atoms with Gasteiger partial charge in [0.05, 0.1) is 19.7 Å². The second-order valence-corrected chi connectivity index (χ2v) is 6.44. The molecule has 128 valence electrons. The van der Waals surface area contributed by atoms with Gasteiger partial charge in [-0.1, -0.05) is 36.0 Å². The average Bonchev–Trinajstić information content (AvgIpc) is 2.94. The lowest BCUT2D eigenvalue weighted by Gasteiger charge is -2.07. The van der Waals surface area contributed by atoms with Crippen LogP contribution in [0.3, 0.4) is 0 Å². The topological polar surface area (TPSA) is 100 Å². The average molecular weight is 357 g/mol. The highest BCUT2D eigenvalue weighted by Crippen LogP contribution is 2.27. The van der Waals surface area contributed by atoms with Crippen LogP contribution in [0.4, 0.5) is 0 Å². The van der Waals surface area contributed by atoms with Crippen molar-refractivity contribution in [2.45, 2.75) is 11.7 Å². The van der Waals surface area contributed by atoms with E-state index in [0.717, 1.165) is 33.8 Å². The molecule has 25 heavy (non-hydrogen) atoms. The molecular formula is C17H15N3O4S. The van der Waals surface area contributed by atoms with Crippen molar-refractivity contribution in [3.63, 3.8) is 0 Å². The molecule has 2 aromatic rings. The lowest BCUT2D eigenvalue weighted by atomic mass is 10.0. The number of nitrogens with one attached hydrogen (secondary N) is 1. The molecule has 0 radical (unpaired) electrons. The van der Waals surface area contributed by atoms with Gasteiger partial charge in [-0.25, -0.2) is 0 Å². The van der Waals surface area contributed by atoms with Crippen LogP contribution in [0.5, 0.6) is 5.75 Å². The normalized spacial score (nSPS) is 18.8. The van der Waals surface area contributed by atoms with Crippen LogP contribution in [-0.2, 0) is 9.59 Å². The van der Waals surface area contributed by atoms with Crippen LogP contribution in [-0.4, -0.2) is 40.7 Å². The van der Waals surface area contributed by atoms with Gasteiger partial charge in [-0.15, -0.1) is 5.10 Å². The first kappa shape index (κ1) is 17.0. The summed E-state index contributed by atoms with van der Waals surface area (Å²) in [5, 5.41) is 20.8. The zero-order valence-corrected chi connectivity index (χ0v) is 14.1. The number of hydrogen-bond acceptors (Lipinski definition) is 6. The molecule has 2 aromatic carbocycles. The Bertz CT molecular complexity index is 895. The number of methoxy groups -OCH3 is 1. The summed E-state index contributed by atoms with van der Waals surface area (Å²) >= 11 is 1.07. The Kier molecular flexibility index (Phi) is 4.99. The minimum absolute atomic E-state index is 0.248. The Balaban J connectivity index is 1.80. The second kappa shape index (κ2) is 7.35. The number of nitrogens with zero attached hydrogens (tertiary/aromatic N) is 2. The molecule has 7 nitrogen and oxygen atoms in total. The van der Waals surface area contributed by atoms with E-state index in [4.69, 9.17) is 9.84 Å². The molecule has 1 saturated heterocycles. The fourth-order valence-corrected chi connectivity index (χ4v) is 3.39. The van der Waals surface area contributed by atoms with Gasteiger partial charge in [-0.05, 0) is 17.5 Å². The van der Waals surface area contributed by atoms with E-state index in [0.29, 0.717) is 5.17 Å². The Morgan fingerprint density at radius 3 is 2.80 bits per heavy atom. The predicted octanol–water partition coefficient (Wildman–Crippen LogP) is 2.24. The monoisotopic (exact) mass is 357 g/mol. The standard InChI is InChI=1S/C17H15N3O4S/c1-24-13-7-6-10(11-4-2-3-5-12(11)13)9-18-20-17-19-16(23)14(25-17)8-15(21)22/h2-7,9,14H,8H2,1H3,(H,21,22)(H,19,20,23). The van der Waals surface area contributed by atoms with Gasteiger partial charge in [-0.2, -0.15) is 5.10 Å². The molecule has 0 aromatic heterocycles. The van der Waals surface area contributed by atoms with E-state index < -0.39 is 11.2 Å². The fraction of sp³-hybridized carbons (Fsp3) is 0.176. The van der Waals surface area contributed by atoms with E-state index in [2.05, 4.69) is 15.5 Å². The molecule has 1 amide bonds. The van der Waals surface area contributed by atoms with Gasteiger partial charge in [0, 0.05) is 10.9 Å². The number of carboxylic acid groups (broad SMARTS) is 1. The maximum atomic E-state index is 11.7. The van der Waals surface area contributed by atoms with Crippen molar-refractivity contribution >= 4 is 45.8 Å². The van der Waals surface area contributed by atoms with Gasteiger partial charge in [0.25, 0.3) is 0 Å². The van der Waals surface area contributed by atoms with Crippen molar-refractivity contribution in [1.82, 2.24) is 5.32 Å². The van der Waals surface area contributed by atoms with Crippen LogP contribution < -0.4 is 10.1 Å². The molecule has 1 atom stereocenters. The highest BCUT2D eigenvalue weighted by atomic mass is 32.2. The van der Waals surface area contributed by atoms with Crippen molar-refractivity contribution in [2.24, 2.45) is 10.2 Å². The summed E-state index contributed by atoms with van der Waals surface area (Å²) in [4.78, 5) is 22.4. The van der Waals surface area contributed by atoms with Crippen molar-refractivity contribution < 1.29 is 19.4 Å². The minimum Gasteiger partial charge on any atom is -0.496 e. The Morgan fingerprint density at radius 1 is 1.32 bits per heavy atom. The highest BCUT2D eigenvalue weighted by molar-refractivity contribution is 8.15. The number of fused-ring (bicyclic) bond motifs is 1. The molecule has 0 bridgehead atoms. The van der Waals surface area contributed by atoms with Gasteiger partial charge in [0.15, 0.2) is 5.17 Å². The lowest BCUT2D eigenvalue weighted by molar-refractivity contribution is -0.138. The van der Waals surface area contributed by atoms with E-state index in [1.165, 1.54) is 0 Å². The SMILES string of the molecule is COc1ccc(C=NN=C2NC(=O)C(CC(=O)O)S2)c2ccccc12. The maximum Gasteiger partial charge on any atom is 0.305 e. The molecule has 1 heterocycles. The van der Waals surface area contributed by atoms with Gasteiger partial charge in [0.2, 0.25) is 5.91 Å². The third-order valence-electron chi connectivity index (χ3n) is 3.62. The summed E-state index contributed by atoms with van der Waals surface area (Å²) in [7, 11) is 1.62. The van der Waals surface area contributed by atoms with Crippen LogP contribution in [0.1, 0.15) is 12.0 Å². The summed E-state index contributed by atoms with van der Waals surface area (Å²) in [5.74, 6) is -0.618. The lowest BCUT2D eigenvalue weighted by Crippen LogP contribution is -2.26. The Labute approximate surface area is 147 Å². The first-order valence-corrected chi connectivity index (χ1v) is 8.32. The predicted molar refractivity (Wildman–Crippen MR) is 97.3 cm³/mol. The summed E-state index contributed by atoms with van der Waals surface area (Å²) in [6, 6.07) is 11.5. The molecule has 1 aliphatic heterocycles. The van der Waals surface area contributed by atoms with E-state index in [1.807, 2.05) is 36.4 Å². The van der Waals surface area contributed by atoms with Crippen molar-refractivity contribution in [2.75, 3.05) is 7.11 Å². The number of benzene rings is 2. The smallest absolute Gasteiger partial charge is 0.305 e. The van der Waals surface area contributed by atoms with E-state index in [1.54, 1.807) is 13.3 Å². The number of thioether (sulfide) groups is 1. The summed E-state index contributed by atoms with van der Waals surface area (Å²) in [6.07, 6.45) is 1.34. The zero-order valence-electron chi connectivity index (χ0n) is 13.3. The largest absolute Gasteiger partial charge is 0.496 e. The second-order valence-electron chi connectivity index (χ2n) is 5.25. The van der Waals surface area contributed by atoms with Crippen molar-refractivity contribution in [3.8, 4) is 5.75 Å². The highest BCUT2D eigenvalue weighted by Gasteiger charge is 2.32. The van der Waals surface area contributed by atoms with Gasteiger partial charge >= 0.3 is 5.97 Å². The number of hydrogen-bond donors (Lipinski definition) is 2. The Hall–Kier alpha value is -2.87. The van der Waals surface area contributed by atoms with Crippen molar-refractivity contribution in [1.29, 1.82) is 0 Å². The summed E-state index contributed by atoms with van der Waals surface area (Å²) in [5.41, 5.74) is 0.858. The van der Waals surface area contributed by atoms with E-state index >= 15 is 0 Å². The van der Waals surface area contributed by atoms with Crippen LogP contribution in [0.25, 0.3) is 10.8 Å². The van der Waals surface area contributed by atoms with E-state index in [9.17, 15) is 9.59 Å². The van der Waals surface area contributed by atoms with Crippen LogP contribution in [0.2, 0.25) is 0 Å². The summed E-state index contributed by atoms with van der Waals surface area (Å²) < 4.78 is 5.35. The number of amides is 1. The van der Waals surface area contributed by atoms with Crippen molar-refractivity contribution in [3.05, 3.63) is 42.0 Å². The molecule has 1 unspecified atom stereocenters. The van der Waals surface area contributed by atoms with Crippen LogP contribution in [0, 0.1) is 0 Å². The Morgan fingerprint density at radius 2 is 2.08 bits per heavy atom. The molecule has 1 aliphatic rings. The quantitative estimate of drug-likeness (QED) is 0.631. The number of amidine groups is 1. The zero-order chi connectivity index (χ0) is 17.8. The van der Waals surface area contributed by atoms with Gasteiger partial charge in [-0.3, -0.25) is 9.59 Å². The molecular weight excluding hydrogens is 342 g/mol. The van der Waals surface area contributed by atoms with E-state index in [-0.39, 0.29) is 12.3 Å². The number of carbonyl (C=O) groups excluding carboxylic acids is 1. The maximum absolute atomic E-state index is 11.7. The molecule has 0 spiro atoms. The molecule has 2 N–H and O–H groups in total. The van der Waals surface area contributed by atoms with Gasteiger partial charge in [0.1, 0.15) is 11.0 Å². The first-order valence-electron chi connectivity index (χ1n) is 7.44. The minimum atomic E-state index is -1.03. The number of ether oxygens (including phenoxy) is 1. The summed E-state index contributed by atoms with van der Waals surface area (Å²) in [6.45, 7) is 0. The molecule has 1 fully saturated rings. The van der Waals surface area contributed by atoms with Crippen LogP contribution >= 0.6 is 11.8 Å². The third-order valence-corrected chi connectivity index (χ3v) is 4.69. The van der Waals surface area contributed by atoms with Gasteiger partial charge < -0.3 is 15.2 Å². The van der Waals surface area contributed by atoms with Crippen LogP contribution in [0.15, 0.2) is 46.6 Å². The number of carboxylic acids is 1. The number of rotatable bonds is 5. The molecule has 0 aliphatic carbocycles. The number of carbonyl (C=O) groups is 2.